The van der Waals surface area contributed by atoms with Gasteiger partial charge in [0.25, 0.3) is 0 Å². The number of hydrogen-bond donors (Lipinski definition) is 0. The van der Waals surface area contributed by atoms with Crippen molar-refractivity contribution in [2.24, 2.45) is 0 Å². The highest BCUT2D eigenvalue weighted by atomic mass is 79.9. The summed E-state index contributed by atoms with van der Waals surface area (Å²) in [6.07, 6.45) is 1.51. The van der Waals surface area contributed by atoms with Crippen LogP contribution >= 0.6 is 27.5 Å². The van der Waals surface area contributed by atoms with Gasteiger partial charge in [-0.05, 0) is 31.0 Å². The normalized spacial score (nSPS) is 10.9. The predicted octanol–water partition coefficient (Wildman–Crippen LogP) is 4.24. The molecule has 0 aliphatic carbocycles. The predicted molar refractivity (Wildman–Crippen MR) is 88.8 cm³/mol. The second-order valence-electron chi connectivity index (χ2n) is 4.90. The Bertz CT molecular complexity index is 652. The SMILES string of the molecule is CCc1nn(CC)c(CC(=O)Cc2cccc(Br)c2)c1Cl. The molecule has 1 aromatic heterocycles. The molecule has 2 rings (SSSR count). The summed E-state index contributed by atoms with van der Waals surface area (Å²) < 4.78 is 2.82. The molecule has 112 valence electrons. The Morgan fingerprint density at radius 1 is 1.33 bits per heavy atom. The molecule has 0 spiro atoms. The smallest absolute Gasteiger partial charge is 0.143 e. The minimum atomic E-state index is 0.146. The molecule has 1 heterocycles. The Labute approximate surface area is 138 Å². The molecular formula is C16H18BrClN2O. The Morgan fingerprint density at radius 2 is 2.10 bits per heavy atom. The number of hydrogen-bond acceptors (Lipinski definition) is 2. The zero-order chi connectivity index (χ0) is 15.4. The van der Waals surface area contributed by atoms with Crippen molar-refractivity contribution < 1.29 is 4.79 Å². The summed E-state index contributed by atoms with van der Waals surface area (Å²) in [6.45, 7) is 4.74. The molecule has 3 nitrogen and oxygen atoms in total. The molecule has 0 fully saturated rings. The van der Waals surface area contributed by atoms with Crippen molar-refractivity contribution in [1.29, 1.82) is 0 Å². The zero-order valence-electron chi connectivity index (χ0n) is 12.2. The van der Waals surface area contributed by atoms with E-state index in [2.05, 4.69) is 21.0 Å². The van der Waals surface area contributed by atoms with E-state index in [0.29, 0.717) is 17.9 Å². The number of rotatable bonds is 6. The van der Waals surface area contributed by atoms with Gasteiger partial charge < -0.3 is 0 Å². The molecule has 0 radical (unpaired) electrons. The summed E-state index contributed by atoms with van der Waals surface area (Å²) in [5, 5.41) is 5.09. The molecule has 21 heavy (non-hydrogen) atoms. The summed E-state index contributed by atoms with van der Waals surface area (Å²) in [4.78, 5) is 12.3. The first-order valence-electron chi connectivity index (χ1n) is 7.05. The molecule has 1 aromatic carbocycles. The summed E-state index contributed by atoms with van der Waals surface area (Å²) in [6, 6.07) is 7.81. The van der Waals surface area contributed by atoms with Crippen molar-refractivity contribution in [3.63, 3.8) is 0 Å². The zero-order valence-corrected chi connectivity index (χ0v) is 14.5. The third-order valence-corrected chi connectivity index (χ3v) is 4.28. The maximum Gasteiger partial charge on any atom is 0.143 e. The summed E-state index contributed by atoms with van der Waals surface area (Å²) in [7, 11) is 0. The molecule has 0 unspecified atom stereocenters. The maximum atomic E-state index is 12.3. The first-order valence-corrected chi connectivity index (χ1v) is 8.22. The lowest BCUT2D eigenvalue weighted by molar-refractivity contribution is -0.117. The second kappa shape index (κ2) is 7.23. The van der Waals surface area contributed by atoms with Gasteiger partial charge in [-0.1, -0.05) is 46.6 Å². The second-order valence-corrected chi connectivity index (χ2v) is 6.19. The average molecular weight is 370 g/mol. The van der Waals surface area contributed by atoms with Gasteiger partial charge in [-0.25, -0.2) is 0 Å². The van der Waals surface area contributed by atoms with E-state index in [1.165, 1.54) is 0 Å². The quantitative estimate of drug-likeness (QED) is 0.763. The number of Topliss-reactive ketones (excluding diaryl/α,β-unsaturated/α-hetero) is 1. The molecule has 2 aromatic rings. The largest absolute Gasteiger partial charge is 0.299 e. The van der Waals surface area contributed by atoms with E-state index >= 15 is 0 Å². The first kappa shape index (κ1) is 16.2. The van der Waals surface area contributed by atoms with E-state index in [4.69, 9.17) is 11.6 Å². The molecule has 0 saturated carbocycles. The molecule has 5 heteroatoms. The summed E-state index contributed by atoms with van der Waals surface area (Å²) >= 11 is 9.76. The fourth-order valence-corrected chi connectivity index (χ4v) is 3.09. The lowest BCUT2D eigenvalue weighted by atomic mass is 10.1. The molecule has 0 N–H and O–H groups in total. The fourth-order valence-electron chi connectivity index (χ4n) is 2.31. The van der Waals surface area contributed by atoms with Crippen LogP contribution in [0.15, 0.2) is 28.7 Å². The van der Waals surface area contributed by atoms with E-state index in [0.717, 1.165) is 34.4 Å². The highest BCUT2D eigenvalue weighted by molar-refractivity contribution is 9.10. The lowest BCUT2D eigenvalue weighted by Gasteiger charge is -2.05. The van der Waals surface area contributed by atoms with Crippen LogP contribution in [0.3, 0.4) is 0 Å². The highest BCUT2D eigenvalue weighted by Crippen LogP contribution is 2.23. The van der Waals surface area contributed by atoms with Crippen molar-refractivity contribution in [1.82, 2.24) is 9.78 Å². The van der Waals surface area contributed by atoms with Gasteiger partial charge in [0.05, 0.1) is 22.8 Å². The standard InChI is InChI=1S/C16H18BrClN2O/c1-3-14-16(18)15(20(4-2)19-14)10-13(21)9-11-6-5-7-12(17)8-11/h5-8H,3-4,9-10H2,1-2H3. The van der Waals surface area contributed by atoms with Gasteiger partial charge in [-0.3, -0.25) is 9.48 Å². The van der Waals surface area contributed by atoms with Crippen LogP contribution in [0.2, 0.25) is 5.02 Å². The molecule has 0 aliphatic heterocycles. The Morgan fingerprint density at radius 3 is 2.71 bits per heavy atom. The minimum absolute atomic E-state index is 0.146. The number of nitrogens with zero attached hydrogens (tertiary/aromatic N) is 2. The molecule has 0 aliphatic rings. The third-order valence-electron chi connectivity index (χ3n) is 3.35. The number of aromatic nitrogens is 2. The Balaban J connectivity index is 2.14. The Hall–Kier alpha value is -1.13. The fraction of sp³-hybridized carbons (Fsp3) is 0.375. The van der Waals surface area contributed by atoms with Gasteiger partial charge in [-0.2, -0.15) is 5.10 Å². The van der Waals surface area contributed by atoms with E-state index in [1.807, 2.05) is 42.8 Å². The van der Waals surface area contributed by atoms with E-state index < -0.39 is 0 Å². The van der Waals surface area contributed by atoms with Crippen LogP contribution < -0.4 is 0 Å². The van der Waals surface area contributed by atoms with Gasteiger partial charge in [0.15, 0.2) is 0 Å². The topological polar surface area (TPSA) is 34.9 Å². The van der Waals surface area contributed by atoms with Crippen molar-refractivity contribution in [3.05, 3.63) is 50.7 Å². The van der Waals surface area contributed by atoms with Crippen LogP contribution in [0.4, 0.5) is 0 Å². The number of benzene rings is 1. The molecular weight excluding hydrogens is 352 g/mol. The van der Waals surface area contributed by atoms with Crippen molar-refractivity contribution in [2.45, 2.75) is 39.7 Å². The van der Waals surface area contributed by atoms with E-state index in [-0.39, 0.29) is 5.78 Å². The van der Waals surface area contributed by atoms with Crippen LogP contribution in [-0.4, -0.2) is 15.6 Å². The monoisotopic (exact) mass is 368 g/mol. The van der Waals surface area contributed by atoms with Crippen LogP contribution in [0, 0.1) is 0 Å². The van der Waals surface area contributed by atoms with E-state index in [1.54, 1.807) is 0 Å². The van der Waals surface area contributed by atoms with Crippen molar-refractivity contribution >= 4 is 33.3 Å². The van der Waals surface area contributed by atoms with Crippen LogP contribution in [0.1, 0.15) is 30.8 Å². The lowest BCUT2D eigenvalue weighted by Crippen LogP contribution is -2.11. The first-order chi connectivity index (χ1) is 10.0. The van der Waals surface area contributed by atoms with Gasteiger partial charge in [0, 0.05) is 17.4 Å². The third kappa shape index (κ3) is 3.95. The van der Waals surface area contributed by atoms with Gasteiger partial charge in [-0.15, -0.1) is 0 Å². The molecule has 0 bridgehead atoms. The number of carbonyl (C=O) groups is 1. The molecule has 0 atom stereocenters. The molecule has 0 saturated heterocycles. The van der Waals surface area contributed by atoms with Crippen LogP contribution in [-0.2, 0) is 30.6 Å². The number of ketones is 1. The maximum absolute atomic E-state index is 12.3. The van der Waals surface area contributed by atoms with Gasteiger partial charge in [0.2, 0.25) is 0 Å². The number of carbonyl (C=O) groups excluding carboxylic acids is 1. The van der Waals surface area contributed by atoms with Crippen LogP contribution in [0.25, 0.3) is 0 Å². The number of aryl methyl sites for hydroxylation is 2. The Kier molecular flexibility index (Phi) is 5.59. The van der Waals surface area contributed by atoms with Crippen molar-refractivity contribution in [3.8, 4) is 0 Å². The summed E-state index contributed by atoms with van der Waals surface area (Å²) in [5.41, 5.74) is 2.70. The van der Waals surface area contributed by atoms with Gasteiger partial charge in [0.1, 0.15) is 5.78 Å². The summed E-state index contributed by atoms with van der Waals surface area (Å²) in [5.74, 6) is 0.146. The molecule has 0 amide bonds. The average Bonchev–Trinajstić information content (AvgIpc) is 2.75. The van der Waals surface area contributed by atoms with E-state index in [9.17, 15) is 4.79 Å². The van der Waals surface area contributed by atoms with Gasteiger partial charge >= 0.3 is 0 Å². The van der Waals surface area contributed by atoms with Crippen LogP contribution in [0.5, 0.6) is 0 Å². The highest BCUT2D eigenvalue weighted by Gasteiger charge is 2.17. The minimum Gasteiger partial charge on any atom is -0.299 e. The van der Waals surface area contributed by atoms with Crippen molar-refractivity contribution in [2.75, 3.05) is 0 Å². The number of halogens is 2.